The van der Waals surface area contributed by atoms with Crippen molar-refractivity contribution in [1.29, 1.82) is 0 Å². The Morgan fingerprint density at radius 3 is 2.43 bits per heavy atom. The average molecular weight is 703 g/mol. The molecule has 0 saturated heterocycles. The Labute approximate surface area is 291 Å². The molecule has 2 aliphatic rings. The van der Waals surface area contributed by atoms with Gasteiger partial charge in [-0.2, -0.15) is 4.31 Å². The smallest absolute Gasteiger partial charge is 0.319 e. The van der Waals surface area contributed by atoms with E-state index in [4.69, 9.17) is 14.2 Å². The Kier molecular flexibility index (Phi) is 14.1. The van der Waals surface area contributed by atoms with Crippen LogP contribution in [0.3, 0.4) is 0 Å². The van der Waals surface area contributed by atoms with E-state index < -0.39 is 22.2 Å². The number of hydrogen-bond donors (Lipinski definition) is 3. The minimum atomic E-state index is -3.84. The molecule has 0 radical (unpaired) electrons. The summed E-state index contributed by atoms with van der Waals surface area (Å²) < 4.78 is 46.1. The van der Waals surface area contributed by atoms with Gasteiger partial charge >= 0.3 is 6.03 Å². The topological polar surface area (TPSA) is 147 Å². The van der Waals surface area contributed by atoms with E-state index in [2.05, 4.69) is 10.6 Å². The van der Waals surface area contributed by atoms with Gasteiger partial charge in [0.1, 0.15) is 11.5 Å². The minimum Gasteiger partial charge on any atom is -0.497 e. The molecule has 49 heavy (non-hydrogen) atoms. The first kappa shape index (κ1) is 38.4. The van der Waals surface area contributed by atoms with Crippen LogP contribution in [0.4, 0.5) is 10.5 Å². The molecule has 1 saturated carbocycles. The maximum Gasteiger partial charge on any atom is 0.319 e. The predicted octanol–water partition coefficient (Wildman–Crippen LogP) is 5.27. The predicted molar refractivity (Wildman–Crippen MR) is 189 cm³/mol. The van der Waals surface area contributed by atoms with Crippen molar-refractivity contribution in [2.75, 3.05) is 45.8 Å². The molecule has 3 N–H and O–H groups in total. The van der Waals surface area contributed by atoms with Crippen molar-refractivity contribution in [3.8, 4) is 11.5 Å². The SMILES string of the molecule is COc1ccc(S(=O)(=O)N(C)C[C@@H]2OCCCC[C@@H](C)Oc3ccc(NC(=O)NC4CCCCC4)cc3C(=O)N([C@@H](C)CO)C[C@H]2C)cc1. The summed E-state index contributed by atoms with van der Waals surface area (Å²) in [5.41, 5.74) is 0.720. The Balaban J connectivity index is 1.60. The van der Waals surface area contributed by atoms with Crippen LogP contribution in [-0.2, 0) is 14.8 Å². The molecule has 272 valence electrons. The lowest BCUT2D eigenvalue weighted by molar-refractivity contribution is -0.00834. The van der Waals surface area contributed by atoms with Crippen LogP contribution < -0.4 is 20.1 Å². The number of carbonyl (C=O) groups excluding carboxylic acids is 2. The molecule has 0 aromatic heterocycles. The quantitative estimate of drug-likeness (QED) is 0.321. The summed E-state index contributed by atoms with van der Waals surface area (Å²) in [6, 6.07) is 10.5. The molecule has 1 heterocycles. The maximum absolute atomic E-state index is 14.4. The monoisotopic (exact) mass is 702 g/mol. The molecule has 4 rings (SSSR count). The second-order valence-corrected chi connectivity index (χ2v) is 15.5. The number of rotatable bonds is 9. The van der Waals surface area contributed by atoms with E-state index in [1.165, 1.54) is 37.0 Å². The van der Waals surface area contributed by atoms with Crippen LogP contribution in [0.1, 0.15) is 82.5 Å². The number of benzene rings is 2. The van der Waals surface area contributed by atoms with Gasteiger partial charge in [-0.25, -0.2) is 13.2 Å². The van der Waals surface area contributed by atoms with Gasteiger partial charge < -0.3 is 34.9 Å². The van der Waals surface area contributed by atoms with Gasteiger partial charge in [0.15, 0.2) is 0 Å². The van der Waals surface area contributed by atoms with E-state index in [1.54, 1.807) is 42.2 Å². The van der Waals surface area contributed by atoms with E-state index >= 15 is 0 Å². The van der Waals surface area contributed by atoms with E-state index in [1.807, 2.05) is 13.8 Å². The van der Waals surface area contributed by atoms with Gasteiger partial charge in [0.2, 0.25) is 10.0 Å². The van der Waals surface area contributed by atoms with Gasteiger partial charge in [-0.15, -0.1) is 0 Å². The number of ether oxygens (including phenoxy) is 3. The zero-order chi connectivity index (χ0) is 35.6. The molecular formula is C36H54N4O8S. The van der Waals surface area contributed by atoms with Gasteiger partial charge in [0, 0.05) is 44.4 Å². The van der Waals surface area contributed by atoms with Crippen molar-refractivity contribution in [3.63, 3.8) is 0 Å². The lowest BCUT2D eigenvalue weighted by atomic mass is 9.96. The third-order valence-electron chi connectivity index (χ3n) is 9.45. The fourth-order valence-electron chi connectivity index (χ4n) is 6.34. The zero-order valence-electron chi connectivity index (χ0n) is 29.5. The molecule has 1 aliphatic carbocycles. The van der Waals surface area contributed by atoms with Gasteiger partial charge in [-0.05, 0) is 88.4 Å². The number of carbonyl (C=O) groups is 2. The average Bonchev–Trinajstić information content (AvgIpc) is 3.09. The van der Waals surface area contributed by atoms with Gasteiger partial charge in [0.05, 0.1) is 42.4 Å². The summed E-state index contributed by atoms with van der Waals surface area (Å²) in [7, 11) is -0.801. The van der Waals surface area contributed by atoms with Gasteiger partial charge in [-0.3, -0.25) is 4.79 Å². The number of anilines is 1. The summed E-state index contributed by atoms with van der Waals surface area (Å²) >= 11 is 0. The first-order chi connectivity index (χ1) is 23.4. The van der Waals surface area contributed by atoms with Crippen molar-refractivity contribution in [2.45, 2.75) is 101 Å². The first-order valence-corrected chi connectivity index (χ1v) is 18.9. The summed E-state index contributed by atoms with van der Waals surface area (Å²) in [6.07, 6.45) is 6.76. The molecule has 3 amide bonds. The van der Waals surface area contributed by atoms with Crippen LogP contribution in [0.2, 0.25) is 0 Å². The Morgan fingerprint density at radius 1 is 1.06 bits per heavy atom. The largest absolute Gasteiger partial charge is 0.497 e. The molecule has 13 heteroatoms. The normalized spacial score (nSPS) is 22.4. The standard InChI is InChI=1S/C36H54N4O8S/c1-25-22-40(26(2)24-41)35(42)32-21-29(38-36(43)37-28-12-7-6-8-13-28)14-19-33(32)48-27(3)11-9-10-20-47-34(25)23-39(4)49(44,45)31-17-15-30(46-5)16-18-31/h14-19,21,25-28,34,41H,6-13,20,22-24H2,1-5H3,(H2,37,38,43)/t25-,26+,27-,34+/m1/s1. The van der Waals surface area contributed by atoms with Crippen molar-refractivity contribution < 1.29 is 37.3 Å². The number of nitrogens with one attached hydrogen (secondary N) is 2. The molecule has 1 fully saturated rings. The van der Waals surface area contributed by atoms with Crippen LogP contribution in [0, 0.1) is 5.92 Å². The fraction of sp³-hybridized carbons (Fsp3) is 0.611. The molecular weight excluding hydrogens is 648 g/mol. The molecule has 4 atom stereocenters. The summed E-state index contributed by atoms with van der Waals surface area (Å²) in [4.78, 5) is 29.0. The lowest BCUT2D eigenvalue weighted by Gasteiger charge is -2.35. The third-order valence-corrected chi connectivity index (χ3v) is 11.3. The number of hydrogen-bond acceptors (Lipinski definition) is 8. The summed E-state index contributed by atoms with van der Waals surface area (Å²) in [6.45, 7) is 5.99. The number of sulfonamides is 1. The fourth-order valence-corrected chi connectivity index (χ4v) is 7.52. The molecule has 0 spiro atoms. The number of fused-ring (bicyclic) bond motifs is 1. The van der Waals surface area contributed by atoms with Crippen LogP contribution in [0.15, 0.2) is 47.4 Å². The molecule has 2 aromatic carbocycles. The number of amides is 3. The van der Waals surface area contributed by atoms with Gasteiger partial charge in [0.25, 0.3) is 5.91 Å². The maximum atomic E-state index is 14.4. The van der Waals surface area contributed by atoms with Crippen molar-refractivity contribution >= 4 is 27.6 Å². The lowest BCUT2D eigenvalue weighted by Crippen LogP contribution is -2.48. The number of urea groups is 1. The van der Waals surface area contributed by atoms with E-state index in [9.17, 15) is 23.1 Å². The Hall–Kier alpha value is -3.39. The number of nitrogens with zero attached hydrogens (tertiary/aromatic N) is 2. The number of aliphatic hydroxyl groups is 1. The van der Waals surface area contributed by atoms with Crippen molar-refractivity contribution in [2.24, 2.45) is 5.92 Å². The van der Waals surface area contributed by atoms with Crippen LogP contribution in [-0.4, -0.2) is 99.4 Å². The highest BCUT2D eigenvalue weighted by Crippen LogP contribution is 2.29. The first-order valence-electron chi connectivity index (χ1n) is 17.4. The van der Waals surface area contributed by atoms with Gasteiger partial charge in [-0.1, -0.05) is 26.2 Å². The minimum absolute atomic E-state index is 0.0609. The second-order valence-electron chi connectivity index (χ2n) is 13.4. The highest BCUT2D eigenvalue weighted by Gasteiger charge is 2.32. The summed E-state index contributed by atoms with van der Waals surface area (Å²) in [5.74, 6) is 0.259. The molecule has 0 unspecified atom stereocenters. The van der Waals surface area contributed by atoms with E-state index in [0.29, 0.717) is 30.2 Å². The zero-order valence-corrected chi connectivity index (χ0v) is 30.3. The number of aliphatic hydroxyl groups excluding tert-OH is 1. The van der Waals surface area contributed by atoms with Crippen LogP contribution in [0.25, 0.3) is 0 Å². The van der Waals surface area contributed by atoms with E-state index in [-0.39, 0.29) is 60.2 Å². The second kappa shape index (κ2) is 18.0. The number of likely N-dealkylation sites (N-methyl/N-ethyl adjacent to an activating group) is 1. The Bertz CT molecular complexity index is 1480. The van der Waals surface area contributed by atoms with Crippen LogP contribution in [0.5, 0.6) is 11.5 Å². The summed E-state index contributed by atoms with van der Waals surface area (Å²) in [5, 5.41) is 16.2. The van der Waals surface area contributed by atoms with E-state index in [0.717, 1.165) is 38.5 Å². The van der Waals surface area contributed by atoms with Crippen LogP contribution >= 0.6 is 0 Å². The highest BCUT2D eigenvalue weighted by atomic mass is 32.2. The van der Waals surface area contributed by atoms with Crippen molar-refractivity contribution in [1.82, 2.24) is 14.5 Å². The molecule has 0 bridgehead atoms. The Morgan fingerprint density at radius 2 is 1.76 bits per heavy atom. The molecule has 12 nitrogen and oxygen atoms in total. The molecule has 1 aliphatic heterocycles. The molecule has 2 aromatic rings. The highest BCUT2D eigenvalue weighted by molar-refractivity contribution is 7.89. The van der Waals surface area contributed by atoms with Crippen molar-refractivity contribution in [3.05, 3.63) is 48.0 Å². The number of methoxy groups -OCH3 is 1. The third kappa shape index (κ3) is 10.6.